The first-order chi connectivity index (χ1) is 8.56. The van der Waals surface area contributed by atoms with Crippen molar-refractivity contribution >= 4 is 0 Å². The van der Waals surface area contributed by atoms with Crippen molar-refractivity contribution < 1.29 is 19.7 Å². The SMILES string of the molecule is CCC(CO)(CO)NCC(O)c1cccc(F)c1. The number of nitrogens with one attached hydrogen (secondary N) is 1. The van der Waals surface area contributed by atoms with Gasteiger partial charge in [0.15, 0.2) is 0 Å². The molecule has 5 heteroatoms. The number of hydrogen-bond donors (Lipinski definition) is 4. The van der Waals surface area contributed by atoms with E-state index in [-0.39, 0.29) is 19.8 Å². The average molecular weight is 257 g/mol. The van der Waals surface area contributed by atoms with Crippen LogP contribution in [0.3, 0.4) is 0 Å². The van der Waals surface area contributed by atoms with Crippen LogP contribution in [-0.2, 0) is 0 Å². The third kappa shape index (κ3) is 3.74. The highest BCUT2D eigenvalue weighted by molar-refractivity contribution is 5.19. The van der Waals surface area contributed by atoms with Crippen LogP contribution in [0.5, 0.6) is 0 Å². The van der Waals surface area contributed by atoms with Crippen molar-refractivity contribution in [1.82, 2.24) is 5.32 Å². The van der Waals surface area contributed by atoms with Gasteiger partial charge in [0.25, 0.3) is 0 Å². The van der Waals surface area contributed by atoms with Crippen molar-refractivity contribution in [2.75, 3.05) is 19.8 Å². The monoisotopic (exact) mass is 257 g/mol. The highest BCUT2D eigenvalue weighted by atomic mass is 19.1. The van der Waals surface area contributed by atoms with Crippen LogP contribution in [0.25, 0.3) is 0 Å². The Morgan fingerprint density at radius 2 is 2.00 bits per heavy atom. The Balaban J connectivity index is 2.62. The van der Waals surface area contributed by atoms with E-state index in [1.54, 1.807) is 6.07 Å². The zero-order valence-electron chi connectivity index (χ0n) is 10.4. The summed E-state index contributed by atoms with van der Waals surface area (Å²) in [5.41, 5.74) is -0.350. The molecule has 0 aromatic heterocycles. The molecule has 4 nitrogen and oxygen atoms in total. The standard InChI is InChI=1S/C13H20FNO3/c1-2-13(8-16,9-17)15-7-12(18)10-4-3-5-11(14)6-10/h3-6,12,15-18H,2,7-9H2,1H3. The first-order valence-corrected chi connectivity index (χ1v) is 5.97. The van der Waals surface area contributed by atoms with Crippen LogP contribution in [0.4, 0.5) is 4.39 Å². The molecule has 1 aromatic carbocycles. The Morgan fingerprint density at radius 1 is 1.33 bits per heavy atom. The fourth-order valence-corrected chi connectivity index (χ4v) is 1.66. The second kappa shape index (κ2) is 6.80. The Hall–Kier alpha value is -1.01. The van der Waals surface area contributed by atoms with Crippen LogP contribution in [0, 0.1) is 5.82 Å². The number of aliphatic hydroxyl groups is 3. The molecule has 1 rings (SSSR count). The summed E-state index contributed by atoms with van der Waals surface area (Å²) < 4.78 is 13.0. The lowest BCUT2D eigenvalue weighted by Gasteiger charge is -2.31. The normalized spacial score (nSPS) is 13.6. The number of hydrogen-bond acceptors (Lipinski definition) is 4. The second-order valence-corrected chi connectivity index (χ2v) is 4.40. The first kappa shape index (κ1) is 15.0. The van der Waals surface area contributed by atoms with Gasteiger partial charge in [-0.1, -0.05) is 19.1 Å². The summed E-state index contributed by atoms with van der Waals surface area (Å²) in [7, 11) is 0. The lowest BCUT2D eigenvalue weighted by Crippen LogP contribution is -2.52. The fraction of sp³-hybridized carbons (Fsp3) is 0.538. The molecular formula is C13H20FNO3. The smallest absolute Gasteiger partial charge is 0.123 e. The number of β-amino-alcohol motifs (C(OH)–C–C–N with tert-alkyl or cyclic N) is 1. The number of aliphatic hydroxyl groups excluding tert-OH is 3. The van der Waals surface area contributed by atoms with Crippen LogP contribution in [-0.4, -0.2) is 40.6 Å². The molecule has 0 aliphatic rings. The molecule has 0 aliphatic heterocycles. The van der Waals surface area contributed by atoms with E-state index < -0.39 is 17.5 Å². The highest BCUT2D eigenvalue weighted by Gasteiger charge is 2.26. The van der Waals surface area contributed by atoms with Crippen molar-refractivity contribution in [2.45, 2.75) is 25.0 Å². The summed E-state index contributed by atoms with van der Waals surface area (Å²) in [6, 6.07) is 5.72. The van der Waals surface area contributed by atoms with E-state index in [4.69, 9.17) is 0 Å². The van der Waals surface area contributed by atoms with Gasteiger partial charge in [0, 0.05) is 6.54 Å². The Morgan fingerprint density at radius 3 is 2.50 bits per heavy atom. The molecule has 1 atom stereocenters. The zero-order valence-corrected chi connectivity index (χ0v) is 10.4. The number of benzene rings is 1. The van der Waals surface area contributed by atoms with Crippen LogP contribution >= 0.6 is 0 Å². The van der Waals surface area contributed by atoms with E-state index in [0.29, 0.717) is 12.0 Å². The molecule has 1 aromatic rings. The summed E-state index contributed by atoms with van der Waals surface area (Å²) in [5.74, 6) is -0.405. The minimum absolute atomic E-state index is 0.137. The summed E-state index contributed by atoms with van der Waals surface area (Å²) in [6.45, 7) is 1.51. The minimum atomic E-state index is -0.885. The Kier molecular flexibility index (Phi) is 5.68. The maximum absolute atomic E-state index is 13.0. The maximum Gasteiger partial charge on any atom is 0.123 e. The lowest BCUT2D eigenvalue weighted by atomic mass is 9.97. The number of halogens is 1. The molecule has 0 saturated carbocycles. The molecular weight excluding hydrogens is 237 g/mol. The van der Waals surface area contributed by atoms with Crippen molar-refractivity contribution in [1.29, 1.82) is 0 Å². The molecule has 0 amide bonds. The van der Waals surface area contributed by atoms with Gasteiger partial charge in [-0.05, 0) is 24.1 Å². The molecule has 0 spiro atoms. The summed E-state index contributed by atoms with van der Waals surface area (Å²) >= 11 is 0. The second-order valence-electron chi connectivity index (χ2n) is 4.40. The summed E-state index contributed by atoms with van der Waals surface area (Å²) in [5, 5.41) is 31.3. The van der Waals surface area contributed by atoms with Gasteiger partial charge in [-0.15, -0.1) is 0 Å². The Labute approximate surface area is 106 Å². The van der Waals surface area contributed by atoms with Crippen LogP contribution in [0.1, 0.15) is 25.0 Å². The van der Waals surface area contributed by atoms with Gasteiger partial charge in [-0.25, -0.2) is 4.39 Å². The lowest BCUT2D eigenvalue weighted by molar-refractivity contribution is 0.0706. The topological polar surface area (TPSA) is 72.7 Å². The van der Waals surface area contributed by atoms with Crippen molar-refractivity contribution in [3.05, 3.63) is 35.6 Å². The van der Waals surface area contributed by atoms with Gasteiger partial charge in [-0.2, -0.15) is 0 Å². The summed E-state index contributed by atoms with van der Waals surface area (Å²) in [6.07, 6.45) is -0.361. The molecule has 0 saturated heterocycles. The molecule has 0 radical (unpaired) electrons. The van der Waals surface area contributed by atoms with Crippen LogP contribution in [0.15, 0.2) is 24.3 Å². The molecule has 1 unspecified atom stereocenters. The first-order valence-electron chi connectivity index (χ1n) is 5.97. The van der Waals surface area contributed by atoms with E-state index >= 15 is 0 Å². The highest BCUT2D eigenvalue weighted by Crippen LogP contribution is 2.15. The molecule has 18 heavy (non-hydrogen) atoms. The quantitative estimate of drug-likeness (QED) is 0.576. The summed E-state index contributed by atoms with van der Waals surface area (Å²) in [4.78, 5) is 0. The van der Waals surface area contributed by atoms with Crippen LogP contribution in [0.2, 0.25) is 0 Å². The predicted octanol–water partition coefficient (Wildman–Crippen LogP) is 0.582. The van der Waals surface area contributed by atoms with E-state index in [2.05, 4.69) is 5.32 Å². The largest absolute Gasteiger partial charge is 0.394 e. The molecule has 0 bridgehead atoms. The minimum Gasteiger partial charge on any atom is -0.394 e. The van der Waals surface area contributed by atoms with Crippen LogP contribution < -0.4 is 5.32 Å². The third-order valence-electron chi connectivity index (χ3n) is 3.19. The predicted molar refractivity (Wildman–Crippen MR) is 66.6 cm³/mol. The van der Waals surface area contributed by atoms with Gasteiger partial charge in [0.1, 0.15) is 5.82 Å². The average Bonchev–Trinajstić information content (AvgIpc) is 2.40. The van der Waals surface area contributed by atoms with Gasteiger partial charge >= 0.3 is 0 Å². The van der Waals surface area contributed by atoms with Crippen molar-refractivity contribution in [3.8, 4) is 0 Å². The zero-order chi connectivity index (χ0) is 13.6. The van der Waals surface area contributed by atoms with E-state index in [9.17, 15) is 19.7 Å². The third-order valence-corrected chi connectivity index (χ3v) is 3.19. The van der Waals surface area contributed by atoms with E-state index in [0.717, 1.165) is 0 Å². The van der Waals surface area contributed by atoms with Gasteiger partial charge in [-0.3, -0.25) is 0 Å². The van der Waals surface area contributed by atoms with Gasteiger partial charge in [0.2, 0.25) is 0 Å². The molecule has 0 heterocycles. The van der Waals surface area contributed by atoms with Crippen molar-refractivity contribution in [3.63, 3.8) is 0 Å². The van der Waals surface area contributed by atoms with E-state index in [1.807, 2.05) is 6.92 Å². The molecule has 0 fully saturated rings. The van der Waals surface area contributed by atoms with E-state index in [1.165, 1.54) is 18.2 Å². The molecule has 0 aliphatic carbocycles. The molecule has 102 valence electrons. The number of rotatable bonds is 7. The Bertz CT molecular complexity index is 361. The van der Waals surface area contributed by atoms with Gasteiger partial charge in [0.05, 0.1) is 24.9 Å². The van der Waals surface area contributed by atoms with Crippen molar-refractivity contribution in [2.24, 2.45) is 0 Å². The fourth-order valence-electron chi connectivity index (χ4n) is 1.66. The van der Waals surface area contributed by atoms with Gasteiger partial charge < -0.3 is 20.6 Å². The maximum atomic E-state index is 13.0. The molecule has 4 N–H and O–H groups in total.